The second kappa shape index (κ2) is 6.54. The number of halogens is 1. The number of hydrogen-bond acceptors (Lipinski definition) is 5. The molecule has 118 valence electrons. The van der Waals surface area contributed by atoms with E-state index in [1.165, 1.54) is 0 Å². The summed E-state index contributed by atoms with van der Waals surface area (Å²) in [6.07, 6.45) is 0. The van der Waals surface area contributed by atoms with E-state index in [4.69, 9.17) is 17.4 Å². The van der Waals surface area contributed by atoms with Crippen LogP contribution in [-0.4, -0.2) is 11.7 Å². The molecular formula is C17H12ClN5O. The summed E-state index contributed by atoms with van der Waals surface area (Å²) in [5.41, 5.74) is 4.55. The highest BCUT2D eigenvalue weighted by Crippen LogP contribution is 2.30. The van der Waals surface area contributed by atoms with Gasteiger partial charge in [0, 0.05) is 21.8 Å². The molecule has 0 unspecified atom stereocenters. The maximum absolute atomic E-state index is 12.5. The van der Waals surface area contributed by atoms with E-state index >= 15 is 0 Å². The predicted octanol–water partition coefficient (Wildman–Crippen LogP) is 2.44. The number of carbonyl (C=O) groups is 1. The van der Waals surface area contributed by atoms with Crippen LogP contribution in [0.5, 0.6) is 0 Å². The number of nitriles is 1. The molecule has 0 aromatic heterocycles. The minimum atomic E-state index is -0.563. The Morgan fingerprint density at radius 3 is 2.58 bits per heavy atom. The zero-order valence-corrected chi connectivity index (χ0v) is 13.1. The summed E-state index contributed by atoms with van der Waals surface area (Å²) in [4.78, 5) is 16.8. The van der Waals surface area contributed by atoms with E-state index in [1.54, 1.807) is 36.4 Å². The lowest BCUT2D eigenvalue weighted by Gasteiger charge is -2.06. The number of nitrogens with two attached hydrogens (primary N) is 1. The van der Waals surface area contributed by atoms with Crippen molar-refractivity contribution in [2.75, 3.05) is 5.32 Å². The number of hydrogen-bond donors (Lipinski definition) is 3. The molecule has 6 nitrogen and oxygen atoms in total. The number of fused-ring (bicyclic) bond motifs is 1. The first-order valence-electron chi connectivity index (χ1n) is 7.00. The molecule has 24 heavy (non-hydrogen) atoms. The van der Waals surface area contributed by atoms with Crippen molar-refractivity contribution in [3.8, 4) is 6.07 Å². The van der Waals surface area contributed by atoms with Gasteiger partial charge in [0.15, 0.2) is 0 Å². The number of nitrogens with zero attached hydrogens (tertiary/aromatic N) is 2. The molecule has 7 heteroatoms. The van der Waals surface area contributed by atoms with Crippen molar-refractivity contribution in [3.63, 3.8) is 0 Å². The fourth-order valence-electron chi connectivity index (χ4n) is 2.40. The van der Waals surface area contributed by atoms with E-state index in [-0.39, 0.29) is 11.3 Å². The van der Waals surface area contributed by atoms with E-state index in [0.29, 0.717) is 22.1 Å². The van der Waals surface area contributed by atoms with E-state index in [1.807, 2.05) is 18.2 Å². The average molecular weight is 338 g/mol. The van der Waals surface area contributed by atoms with Crippen LogP contribution in [0.1, 0.15) is 11.1 Å². The number of amides is 1. The standard InChI is InChI=1S/C17H12ClN5O/c18-10-4-3-5-11(8-10)21-17(24)14(9-19)15-12-6-1-2-7-13(12)16(22-15)23-20/h1-8H,20H2,(H,21,24)(H,22,23). The lowest BCUT2D eigenvalue weighted by molar-refractivity contribution is -0.112. The summed E-state index contributed by atoms with van der Waals surface area (Å²) in [7, 11) is 0. The van der Waals surface area contributed by atoms with Crippen molar-refractivity contribution < 1.29 is 4.79 Å². The van der Waals surface area contributed by atoms with Crippen LogP contribution < -0.4 is 16.6 Å². The summed E-state index contributed by atoms with van der Waals surface area (Å²) in [5, 5.41) is 12.6. The van der Waals surface area contributed by atoms with Gasteiger partial charge in [-0.3, -0.25) is 4.79 Å². The summed E-state index contributed by atoms with van der Waals surface area (Å²) < 4.78 is 0. The normalized spacial score (nSPS) is 14.3. The van der Waals surface area contributed by atoms with Crippen molar-refractivity contribution >= 4 is 34.7 Å². The second-order valence-electron chi connectivity index (χ2n) is 4.95. The average Bonchev–Trinajstić information content (AvgIpc) is 2.94. The SMILES string of the molecule is N#CC(C(=O)Nc1cccc(Cl)c1)=C1N=C(NN)c2ccccc21. The monoisotopic (exact) mass is 337 g/mol. The van der Waals surface area contributed by atoms with Crippen LogP contribution in [0.3, 0.4) is 0 Å². The Morgan fingerprint density at radius 2 is 1.92 bits per heavy atom. The number of amidine groups is 1. The van der Waals surface area contributed by atoms with Crippen LogP contribution in [-0.2, 0) is 4.79 Å². The molecular weight excluding hydrogens is 326 g/mol. The van der Waals surface area contributed by atoms with Crippen LogP contribution in [0.25, 0.3) is 5.70 Å². The van der Waals surface area contributed by atoms with Gasteiger partial charge in [0.05, 0.1) is 5.70 Å². The Hall–Kier alpha value is -3.14. The van der Waals surface area contributed by atoms with Gasteiger partial charge < -0.3 is 10.7 Å². The van der Waals surface area contributed by atoms with Crippen LogP contribution in [0, 0.1) is 11.3 Å². The molecule has 0 atom stereocenters. The molecule has 0 saturated heterocycles. The zero-order valence-electron chi connectivity index (χ0n) is 12.4. The maximum atomic E-state index is 12.5. The highest BCUT2D eigenvalue weighted by molar-refractivity contribution is 6.31. The lowest BCUT2D eigenvalue weighted by atomic mass is 10.0. The molecule has 1 aliphatic heterocycles. The third kappa shape index (κ3) is 2.86. The Morgan fingerprint density at radius 1 is 1.17 bits per heavy atom. The van der Waals surface area contributed by atoms with Crippen molar-refractivity contribution in [2.24, 2.45) is 10.8 Å². The largest absolute Gasteiger partial charge is 0.321 e. The third-order valence-electron chi connectivity index (χ3n) is 3.46. The number of aliphatic imine (C=N–C) groups is 1. The van der Waals surface area contributed by atoms with Gasteiger partial charge in [0.2, 0.25) is 0 Å². The Kier molecular flexibility index (Phi) is 4.29. The minimum Gasteiger partial charge on any atom is -0.321 e. The molecule has 1 heterocycles. The molecule has 2 aromatic rings. The predicted molar refractivity (Wildman–Crippen MR) is 92.9 cm³/mol. The summed E-state index contributed by atoms with van der Waals surface area (Å²) in [6.45, 7) is 0. The van der Waals surface area contributed by atoms with Gasteiger partial charge in [-0.15, -0.1) is 0 Å². The molecule has 0 saturated carbocycles. The van der Waals surface area contributed by atoms with Crippen LogP contribution >= 0.6 is 11.6 Å². The lowest BCUT2D eigenvalue weighted by Crippen LogP contribution is -2.29. The summed E-state index contributed by atoms with van der Waals surface area (Å²) in [6, 6.07) is 15.8. The zero-order chi connectivity index (χ0) is 17.1. The molecule has 2 aromatic carbocycles. The van der Waals surface area contributed by atoms with Crippen molar-refractivity contribution in [1.82, 2.24) is 5.43 Å². The fraction of sp³-hybridized carbons (Fsp3) is 0. The van der Waals surface area contributed by atoms with Gasteiger partial charge in [0.25, 0.3) is 5.91 Å². The number of anilines is 1. The first-order valence-corrected chi connectivity index (χ1v) is 7.38. The van der Waals surface area contributed by atoms with E-state index in [2.05, 4.69) is 15.7 Å². The molecule has 0 aliphatic carbocycles. The van der Waals surface area contributed by atoms with Crippen LogP contribution in [0.2, 0.25) is 5.02 Å². The molecule has 4 N–H and O–H groups in total. The third-order valence-corrected chi connectivity index (χ3v) is 3.69. The number of nitrogens with one attached hydrogen (secondary N) is 2. The number of hydrazine groups is 1. The Bertz CT molecular complexity index is 927. The van der Waals surface area contributed by atoms with Gasteiger partial charge in [-0.05, 0) is 18.2 Å². The number of benzene rings is 2. The van der Waals surface area contributed by atoms with Crippen LogP contribution in [0.15, 0.2) is 59.1 Å². The van der Waals surface area contributed by atoms with Crippen LogP contribution in [0.4, 0.5) is 5.69 Å². The molecule has 0 fully saturated rings. The van der Waals surface area contributed by atoms with Gasteiger partial charge in [-0.1, -0.05) is 41.9 Å². The summed E-state index contributed by atoms with van der Waals surface area (Å²) >= 11 is 5.90. The van der Waals surface area contributed by atoms with E-state index in [0.717, 1.165) is 5.56 Å². The summed E-state index contributed by atoms with van der Waals surface area (Å²) in [5.74, 6) is 5.31. The fourth-order valence-corrected chi connectivity index (χ4v) is 2.59. The molecule has 0 spiro atoms. The maximum Gasteiger partial charge on any atom is 0.268 e. The van der Waals surface area contributed by atoms with E-state index in [9.17, 15) is 10.1 Å². The topological polar surface area (TPSA) is 103 Å². The second-order valence-corrected chi connectivity index (χ2v) is 5.39. The van der Waals surface area contributed by atoms with Gasteiger partial charge in [0.1, 0.15) is 17.5 Å². The van der Waals surface area contributed by atoms with Gasteiger partial charge in [-0.2, -0.15) is 5.26 Å². The molecule has 1 aliphatic rings. The number of rotatable bonds is 2. The molecule has 0 radical (unpaired) electrons. The smallest absolute Gasteiger partial charge is 0.268 e. The quantitative estimate of drug-likeness (QED) is 0.339. The first-order chi connectivity index (χ1) is 11.6. The molecule has 0 bridgehead atoms. The Balaban J connectivity index is 2.02. The van der Waals surface area contributed by atoms with Gasteiger partial charge in [-0.25, -0.2) is 10.8 Å². The highest BCUT2D eigenvalue weighted by Gasteiger charge is 2.25. The number of carbonyl (C=O) groups excluding carboxylic acids is 1. The Labute approximate surface area is 143 Å². The van der Waals surface area contributed by atoms with E-state index < -0.39 is 5.91 Å². The first kappa shape index (κ1) is 15.7. The van der Waals surface area contributed by atoms with Crippen molar-refractivity contribution in [1.29, 1.82) is 5.26 Å². The highest BCUT2D eigenvalue weighted by atomic mass is 35.5. The minimum absolute atomic E-state index is 0.104. The van der Waals surface area contributed by atoms with Gasteiger partial charge >= 0.3 is 0 Å². The molecule has 1 amide bonds. The van der Waals surface area contributed by atoms with Crippen molar-refractivity contribution in [2.45, 2.75) is 0 Å². The van der Waals surface area contributed by atoms with Crippen molar-refractivity contribution in [3.05, 3.63) is 70.3 Å². The molecule has 3 rings (SSSR count).